The fourth-order valence-corrected chi connectivity index (χ4v) is 3.98. The molecule has 0 fully saturated rings. The number of benzene rings is 3. The summed E-state index contributed by atoms with van der Waals surface area (Å²) in [6.45, 7) is 10.2. The summed E-state index contributed by atoms with van der Waals surface area (Å²) in [6.07, 6.45) is 1.37. The maximum atomic E-state index is 11.0. The Morgan fingerprint density at radius 3 is 1.25 bits per heavy atom. The van der Waals surface area contributed by atoms with Gasteiger partial charge >= 0.3 is 0 Å². The molecule has 0 spiro atoms. The van der Waals surface area contributed by atoms with Crippen LogP contribution in [0.25, 0.3) is 0 Å². The number of hydrogen-bond donors (Lipinski definition) is 3. The lowest BCUT2D eigenvalue weighted by atomic mass is 9.93. The highest BCUT2D eigenvalue weighted by atomic mass is 16.3. The van der Waals surface area contributed by atoms with E-state index in [1.54, 1.807) is 0 Å². The Labute approximate surface area is 168 Å². The first-order valence-electron chi connectivity index (χ1n) is 9.68. The van der Waals surface area contributed by atoms with Gasteiger partial charge in [-0.05, 0) is 79.1 Å². The van der Waals surface area contributed by atoms with Crippen molar-refractivity contribution in [3.63, 3.8) is 0 Å². The average molecular weight is 375 g/mol. The van der Waals surface area contributed by atoms with Gasteiger partial charge in [-0.15, -0.1) is 0 Å². The van der Waals surface area contributed by atoms with Gasteiger partial charge in [0.1, 0.15) is 5.75 Å². The number of rotatable bonds is 4. The third kappa shape index (κ3) is 3.99. The van der Waals surface area contributed by atoms with E-state index in [4.69, 9.17) is 11.5 Å². The Hall–Kier alpha value is -2.94. The lowest BCUT2D eigenvalue weighted by molar-refractivity contribution is 0.463. The first kappa shape index (κ1) is 19.8. The minimum Gasteiger partial charge on any atom is -0.507 e. The van der Waals surface area contributed by atoms with Gasteiger partial charge in [0.2, 0.25) is 0 Å². The van der Waals surface area contributed by atoms with Crippen molar-refractivity contribution in [1.29, 1.82) is 0 Å². The predicted molar refractivity (Wildman–Crippen MR) is 119 cm³/mol. The molecule has 146 valence electrons. The third-order valence-corrected chi connectivity index (χ3v) is 5.51. The van der Waals surface area contributed by atoms with E-state index < -0.39 is 0 Å². The number of anilines is 2. The summed E-state index contributed by atoms with van der Waals surface area (Å²) in [7, 11) is 0. The van der Waals surface area contributed by atoms with Gasteiger partial charge in [0.05, 0.1) is 0 Å². The number of hydrogen-bond acceptors (Lipinski definition) is 3. The van der Waals surface area contributed by atoms with Crippen LogP contribution in [0.1, 0.15) is 50.1 Å². The molecule has 0 aliphatic heterocycles. The van der Waals surface area contributed by atoms with E-state index >= 15 is 0 Å². The van der Waals surface area contributed by atoms with E-state index in [1.807, 2.05) is 27.7 Å². The summed E-state index contributed by atoms with van der Waals surface area (Å²) in [4.78, 5) is 0. The Bertz CT molecular complexity index is 924. The number of aryl methyl sites for hydroxylation is 5. The van der Waals surface area contributed by atoms with Crippen molar-refractivity contribution in [1.82, 2.24) is 0 Å². The molecule has 0 aromatic heterocycles. The van der Waals surface area contributed by atoms with Crippen LogP contribution < -0.4 is 11.5 Å². The second kappa shape index (κ2) is 7.59. The smallest absolute Gasteiger partial charge is 0.122 e. The molecule has 0 aliphatic carbocycles. The first-order chi connectivity index (χ1) is 13.2. The standard InChI is InChI=1S/C25H30N2O/c1-14-6-21(12-19-8-15(2)23(26)16(3)9-19)25(28)22(7-14)13-20-10-17(4)24(27)18(5)11-20/h6-11,28H,12-13,26-27H2,1-5H3. The molecule has 0 aliphatic rings. The fourth-order valence-electron chi connectivity index (χ4n) is 3.98. The molecule has 3 nitrogen and oxygen atoms in total. The summed E-state index contributed by atoms with van der Waals surface area (Å²) in [5.74, 6) is 0.380. The largest absolute Gasteiger partial charge is 0.507 e. The summed E-state index contributed by atoms with van der Waals surface area (Å²) >= 11 is 0. The summed E-state index contributed by atoms with van der Waals surface area (Å²) in [6, 6.07) is 12.6. The van der Waals surface area contributed by atoms with Crippen LogP contribution in [0.2, 0.25) is 0 Å². The van der Waals surface area contributed by atoms with Crippen molar-refractivity contribution in [3.8, 4) is 5.75 Å². The van der Waals surface area contributed by atoms with Gasteiger partial charge in [0.15, 0.2) is 0 Å². The SMILES string of the molecule is Cc1cc(Cc2cc(C)c(N)c(C)c2)c(O)c(Cc2cc(C)c(N)c(C)c2)c1. The molecule has 3 aromatic carbocycles. The number of phenols is 1. The van der Waals surface area contributed by atoms with E-state index in [2.05, 4.69) is 43.3 Å². The van der Waals surface area contributed by atoms with Crippen LogP contribution in [0.5, 0.6) is 5.75 Å². The molecule has 0 unspecified atom stereocenters. The summed E-state index contributed by atoms with van der Waals surface area (Å²) in [5, 5.41) is 11.0. The van der Waals surface area contributed by atoms with Crippen LogP contribution in [0.4, 0.5) is 11.4 Å². The van der Waals surface area contributed by atoms with E-state index in [-0.39, 0.29) is 0 Å². The number of nitrogen functional groups attached to an aromatic ring is 2. The molecule has 5 N–H and O–H groups in total. The van der Waals surface area contributed by atoms with Gasteiger partial charge in [0.25, 0.3) is 0 Å². The highest BCUT2D eigenvalue weighted by Crippen LogP contribution is 2.31. The molecule has 0 saturated carbocycles. The zero-order valence-electron chi connectivity index (χ0n) is 17.5. The topological polar surface area (TPSA) is 72.3 Å². The number of aromatic hydroxyl groups is 1. The van der Waals surface area contributed by atoms with E-state index in [0.717, 1.165) is 61.4 Å². The van der Waals surface area contributed by atoms with Crippen LogP contribution in [0.3, 0.4) is 0 Å². The van der Waals surface area contributed by atoms with Gasteiger partial charge in [-0.1, -0.05) is 42.0 Å². The Morgan fingerprint density at radius 2 is 0.929 bits per heavy atom. The van der Waals surface area contributed by atoms with Crippen molar-refractivity contribution in [2.75, 3.05) is 11.5 Å². The minimum absolute atomic E-state index is 0.380. The van der Waals surface area contributed by atoms with Crippen LogP contribution in [0, 0.1) is 34.6 Å². The molecule has 28 heavy (non-hydrogen) atoms. The average Bonchev–Trinajstić information content (AvgIpc) is 2.61. The normalized spacial score (nSPS) is 11.0. The zero-order valence-corrected chi connectivity index (χ0v) is 17.5. The molecule has 3 rings (SSSR count). The van der Waals surface area contributed by atoms with Crippen molar-refractivity contribution >= 4 is 11.4 Å². The summed E-state index contributed by atoms with van der Waals surface area (Å²) < 4.78 is 0. The number of phenolic OH excluding ortho intramolecular Hbond substituents is 1. The molecule has 3 heteroatoms. The Kier molecular flexibility index (Phi) is 5.37. The third-order valence-electron chi connectivity index (χ3n) is 5.51. The minimum atomic E-state index is 0.380. The molecule has 0 radical (unpaired) electrons. The predicted octanol–water partition coefficient (Wildman–Crippen LogP) is 5.28. The molecule has 0 amide bonds. The highest BCUT2D eigenvalue weighted by molar-refractivity contribution is 5.57. The zero-order chi connectivity index (χ0) is 20.6. The van der Waals surface area contributed by atoms with Gasteiger partial charge < -0.3 is 16.6 Å². The Balaban J connectivity index is 1.96. The van der Waals surface area contributed by atoms with Crippen LogP contribution >= 0.6 is 0 Å². The van der Waals surface area contributed by atoms with E-state index in [1.165, 1.54) is 0 Å². The maximum Gasteiger partial charge on any atom is 0.122 e. The van der Waals surface area contributed by atoms with E-state index in [9.17, 15) is 5.11 Å². The molecule has 0 heterocycles. The van der Waals surface area contributed by atoms with Crippen molar-refractivity contribution < 1.29 is 5.11 Å². The van der Waals surface area contributed by atoms with Gasteiger partial charge in [-0.3, -0.25) is 0 Å². The number of nitrogens with two attached hydrogens (primary N) is 2. The second-order valence-electron chi connectivity index (χ2n) is 8.07. The monoisotopic (exact) mass is 374 g/mol. The second-order valence-corrected chi connectivity index (χ2v) is 8.07. The van der Waals surface area contributed by atoms with Crippen molar-refractivity contribution in [2.45, 2.75) is 47.5 Å². The maximum absolute atomic E-state index is 11.0. The molecular weight excluding hydrogens is 344 g/mol. The molecule has 0 atom stereocenters. The molecule has 0 saturated heterocycles. The Morgan fingerprint density at radius 1 is 0.607 bits per heavy atom. The summed E-state index contributed by atoms with van der Waals surface area (Å²) in [5.41, 5.74) is 23.5. The molecule has 0 bridgehead atoms. The molecular formula is C25H30N2O. The van der Waals surface area contributed by atoms with Gasteiger partial charge in [-0.2, -0.15) is 0 Å². The lowest BCUT2D eigenvalue weighted by Gasteiger charge is -2.15. The fraction of sp³-hybridized carbons (Fsp3) is 0.280. The van der Waals surface area contributed by atoms with E-state index in [0.29, 0.717) is 18.6 Å². The first-order valence-corrected chi connectivity index (χ1v) is 9.68. The van der Waals surface area contributed by atoms with Crippen molar-refractivity contribution in [3.05, 3.63) is 86.5 Å². The van der Waals surface area contributed by atoms with Crippen LogP contribution in [-0.2, 0) is 12.8 Å². The quantitative estimate of drug-likeness (QED) is 0.544. The highest BCUT2D eigenvalue weighted by Gasteiger charge is 2.12. The van der Waals surface area contributed by atoms with Crippen LogP contribution in [-0.4, -0.2) is 5.11 Å². The van der Waals surface area contributed by atoms with Gasteiger partial charge in [0, 0.05) is 24.2 Å². The van der Waals surface area contributed by atoms with Crippen LogP contribution in [0.15, 0.2) is 36.4 Å². The lowest BCUT2D eigenvalue weighted by Crippen LogP contribution is -2.00. The van der Waals surface area contributed by atoms with Gasteiger partial charge in [-0.25, -0.2) is 0 Å². The van der Waals surface area contributed by atoms with Crippen molar-refractivity contribution in [2.24, 2.45) is 0 Å². The molecule has 3 aromatic rings.